The summed E-state index contributed by atoms with van der Waals surface area (Å²) in [5.41, 5.74) is 0.794. The fraction of sp³-hybridized carbons (Fsp3) is 0.429. The normalized spacial score (nSPS) is 10.8. The highest BCUT2D eigenvalue weighted by Gasteiger charge is 2.06. The van der Waals surface area contributed by atoms with Crippen LogP contribution in [0.4, 0.5) is 4.39 Å². The minimum absolute atomic E-state index is 0.112. The molecule has 0 atom stereocenters. The second kappa shape index (κ2) is 7.70. The Hall–Kier alpha value is -1.99. The summed E-state index contributed by atoms with van der Waals surface area (Å²) in [4.78, 5) is 4.02. The van der Waals surface area contributed by atoms with Crippen LogP contribution < -0.4 is 10.1 Å². The summed E-state index contributed by atoms with van der Waals surface area (Å²) < 4.78 is 28.9. The molecule has 1 aromatic heterocycles. The summed E-state index contributed by atoms with van der Waals surface area (Å²) in [5.74, 6) is 0.972. The van der Waals surface area contributed by atoms with Gasteiger partial charge in [0.1, 0.15) is 11.6 Å². The fourth-order valence-corrected chi connectivity index (χ4v) is 1.76. The third-order valence-corrected chi connectivity index (χ3v) is 2.68. The first kappa shape index (κ1) is 15.4. The number of rotatable bonds is 8. The van der Waals surface area contributed by atoms with E-state index in [9.17, 15) is 4.39 Å². The Balaban J connectivity index is 1.91. The van der Waals surface area contributed by atoms with Gasteiger partial charge in [0.15, 0.2) is 12.4 Å². The maximum atomic E-state index is 13.5. The van der Waals surface area contributed by atoms with E-state index in [0.29, 0.717) is 37.2 Å². The van der Waals surface area contributed by atoms with E-state index < -0.39 is 0 Å². The molecule has 0 fully saturated rings. The van der Waals surface area contributed by atoms with Crippen LogP contribution in [-0.4, -0.2) is 30.4 Å². The van der Waals surface area contributed by atoms with Gasteiger partial charge in [-0.2, -0.15) is 4.98 Å². The quantitative estimate of drug-likeness (QED) is 0.749. The van der Waals surface area contributed by atoms with Gasteiger partial charge < -0.3 is 19.3 Å². The van der Waals surface area contributed by atoms with Crippen molar-refractivity contribution in [1.29, 1.82) is 0 Å². The lowest BCUT2D eigenvalue weighted by Gasteiger charge is -2.08. The van der Waals surface area contributed by atoms with E-state index in [-0.39, 0.29) is 12.4 Å². The van der Waals surface area contributed by atoms with Crippen molar-refractivity contribution in [3.63, 3.8) is 0 Å². The predicted octanol–water partition coefficient (Wildman–Crippen LogP) is 1.83. The van der Waals surface area contributed by atoms with Crippen molar-refractivity contribution >= 4 is 0 Å². The van der Waals surface area contributed by atoms with Gasteiger partial charge in [-0.3, -0.25) is 0 Å². The molecule has 2 aromatic rings. The second-order valence-corrected chi connectivity index (χ2v) is 4.49. The molecule has 0 bridgehead atoms. The van der Waals surface area contributed by atoms with E-state index in [1.54, 1.807) is 20.1 Å². The van der Waals surface area contributed by atoms with Crippen molar-refractivity contribution in [2.24, 2.45) is 0 Å². The highest BCUT2D eigenvalue weighted by molar-refractivity contribution is 5.29. The monoisotopic (exact) mass is 295 g/mol. The van der Waals surface area contributed by atoms with E-state index in [0.717, 1.165) is 5.56 Å². The lowest BCUT2D eigenvalue weighted by Crippen LogP contribution is -2.18. The molecule has 0 spiro atoms. The number of aryl methyl sites for hydroxylation is 1. The van der Waals surface area contributed by atoms with Crippen molar-refractivity contribution in [3.05, 3.63) is 41.3 Å². The Morgan fingerprint density at radius 3 is 2.90 bits per heavy atom. The fourth-order valence-electron chi connectivity index (χ4n) is 1.76. The van der Waals surface area contributed by atoms with E-state index in [1.807, 2.05) is 0 Å². The Morgan fingerprint density at radius 2 is 2.19 bits per heavy atom. The zero-order valence-corrected chi connectivity index (χ0v) is 12.1. The Kier molecular flexibility index (Phi) is 5.65. The van der Waals surface area contributed by atoms with E-state index in [4.69, 9.17) is 14.0 Å². The minimum Gasteiger partial charge on any atom is -0.484 e. The van der Waals surface area contributed by atoms with Crippen molar-refractivity contribution in [3.8, 4) is 5.75 Å². The minimum atomic E-state index is -0.349. The summed E-state index contributed by atoms with van der Waals surface area (Å²) in [5, 5.41) is 6.81. The van der Waals surface area contributed by atoms with Crippen LogP contribution in [0.5, 0.6) is 5.75 Å². The maximum Gasteiger partial charge on any atom is 0.264 e. The van der Waals surface area contributed by atoms with Crippen LogP contribution in [0.2, 0.25) is 0 Å². The molecule has 0 amide bonds. The number of nitrogens with zero attached hydrogens (tertiary/aromatic N) is 2. The van der Waals surface area contributed by atoms with Crippen molar-refractivity contribution in [1.82, 2.24) is 15.5 Å². The third-order valence-electron chi connectivity index (χ3n) is 2.68. The van der Waals surface area contributed by atoms with Crippen molar-refractivity contribution in [2.45, 2.75) is 20.1 Å². The summed E-state index contributed by atoms with van der Waals surface area (Å²) in [6.07, 6.45) is 0. The van der Waals surface area contributed by atoms with Gasteiger partial charge in [-0.1, -0.05) is 5.16 Å². The van der Waals surface area contributed by atoms with Gasteiger partial charge in [-0.05, 0) is 24.6 Å². The number of benzene rings is 1. The predicted molar refractivity (Wildman–Crippen MR) is 73.3 cm³/mol. The number of hydrogen-bond acceptors (Lipinski definition) is 6. The molecule has 0 aliphatic rings. The number of aromatic nitrogens is 2. The van der Waals surface area contributed by atoms with Crippen molar-refractivity contribution in [2.75, 3.05) is 20.3 Å². The van der Waals surface area contributed by atoms with E-state index in [2.05, 4.69) is 15.5 Å². The first-order valence-electron chi connectivity index (χ1n) is 6.58. The zero-order valence-electron chi connectivity index (χ0n) is 12.1. The average molecular weight is 295 g/mol. The largest absolute Gasteiger partial charge is 0.484 e. The second-order valence-electron chi connectivity index (χ2n) is 4.49. The standard InChI is InChI=1S/C14H18FN3O3/c1-10-17-14(21-18-10)9-20-13-6-11(5-12(15)7-13)8-16-3-4-19-2/h5-7,16H,3-4,8-9H2,1-2H3. The molecule has 0 radical (unpaired) electrons. The Labute approximate surface area is 122 Å². The Bertz CT molecular complexity index is 574. The van der Waals surface area contributed by atoms with Crippen molar-refractivity contribution < 1.29 is 18.4 Å². The number of hydrogen-bond donors (Lipinski definition) is 1. The molecule has 1 N–H and O–H groups in total. The Morgan fingerprint density at radius 1 is 1.33 bits per heavy atom. The van der Waals surface area contributed by atoms with Gasteiger partial charge in [0.05, 0.1) is 6.61 Å². The van der Waals surface area contributed by atoms with Crippen LogP contribution in [0, 0.1) is 12.7 Å². The molecule has 0 unspecified atom stereocenters. The molecular weight excluding hydrogens is 277 g/mol. The van der Waals surface area contributed by atoms with Crippen LogP contribution in [0.25, 0.3) is 0 Å². The van der Waals surface area contributed by atoms with E-state index >= 15 is 0 Å². The van der Waals surface area contributed by atoms with E-state index in [1.165, 1.54) is 12.1 Å². The van der Waals surface area contributed by atoms with Gasteiger partial charge in [-0.25, -0.2) is 4.39 Å². The number of halogens is 1. The molecule has 114 valence electrons. The lowest BCUT2D eigenvalue weighted by atomic mass is 10.2. The van der Waals surface area contributed by atoms with Crippen LogP contribution >= 0.6 is 0 Å². The van der Waals surface area contributed by atoms with Crippen LogP contribution in [0.1, 0.15) is 17.3 Å². The molecular formula is C14H18FN3O3. The van der Waals surface area contributed by atoms with Gasteiger partial charge in [-0.15, -0.1) is 0 Å². The lowest BCUT2D eigenvalue weighted by molar-refractivity contribution is 0.199. The molecule has 1 aromatic carbocycles. The third kappa shape index (κ3) is 5.13. The number of nitrogens with one attached hydrogen (secondary N) is 1. The summed E-state index contributed by atoms with van der Waals surface area (Å²) in [7, 11) is 1.63. The molecule has 0 saturated carbocycles. The van der Waals surface area contributed by atoms with Gasteiger partial charge in [0.2, 0.25) is 0 Å². The summed E-state index contributed by atoms with van der Waals surface area (Å²) in [6.45, 7) is 3.68. The molecule has 0 saturated heterocycles. The topological polar surface area (TPSA) is 69.4 Å². The highest BCUT2D eigenvalue weighted by Crippen LogP contribution is 2.17. The van der Waals surface area contributed by atoms with Gasteiger partial charge in [0, 0.05) is 26.3 Å². The number of methoxy groups -OCH3 is 1. The molecule has 6 nitrogen and oxygen atoms in total. The zero-order chi connectivity index (χ0) is 15.1. The smallest absolute Gasteiger partial charge is 0.264 e. The number of ether oxygens (including phenoxy) is 2. The molecule has 0 aliphatic carbocycles. The summed E-state index contributed by atoms with van der Waals surface area (Å²) in [6, 6.07) is 4.55. The van der Waals surface area contributed by atoms with Crippen LogP contribution in [0.3, 0.4) is 0 Å². The molecule has 1 heterocycles. The maximum absolute atomic E-state index is 13.5. The summed E-state index contributed by atoms with van der Waals surface area (Å²) >= 11 is 0. The molecule has 2 rings (SSSR count). The SMILES string of the molecule is COCCNCc1cc(F)cc(OCc2nc(C)no2)c1. The first-order valence-corrected chi connectivity index (χ1v) is 6.58. The highest BCUT2D eigenvalue weighted by atomic mass is 19.1. The molecule has 7 heteroatoms. The van der Waals surface area contributed by atoms with Crippen LogP contribution in [0.15, 0.2) is 22.7 Å². The first-order chi connectivity index (χ1) is 10.2. The van der Waals surface area contributed by atoms with Gasteiger partial charge >= 0.3 is 0 Å². The van der Waals surface area contributed by atoms with Crippen LogP contribution in [-0.2, 0) is 17.9 Å². The molecule has 21 heavy (non-hydrogen) atoms. The van der Waals surface area contributed by atoms with Gasteiger partial charge in [0.25, 0.3) is 5.89 Å². The molecule has 0 aliphatic heterocycles. The average Bonchev–Trinajstić information content (AvgIpc) is 2.87.